The molecule has 2 aromatic rings. The number of halogens is 1. The van der Waals surface area contributed by atoms with Crippen LogP contribution >= 0.6 is 11.6 Å². The number of hydrogen-bond acceptors (Lipinski definition) is 4. The lowest BCUT2D eigenvalue weighted by Gasteiger charge is -2.03. The van der Waals surface area contributed by atoms with Gasteiger partial charge >= 0.3 is 0 Å². The normalized spacial score (nSPS) is 11.0. The van der Waals surface area contributed by atoms with E-state index in [1.54, 1.807) is 13.3 Å². The first-order chi connectivity index (χ1) is 10.2. The topological polar surface area (TPSA) is 47.3 Å². The van der Waals surface area contributed by atoms with Crippen LogP contribution in [0.15, 0.2) is 28.8 Å². The SMILES string of the molecule is COCCNCCCc1ncc(-c2cccc(C)c2Cl)o1. The fraction of sp³-hybridized carbons (Fsp3) is 0.438. The summed E-state index contributed by atoms with van der Waals surface area (Å²) < 4.78 is 10.8. The van der Waals surface area contributed by atoms with Crippen molar-refractivity contribution in [2.24, 2.45) is 0 Å². The number of hydrogen-bond donors (Lipinski definition) is 1. The van der Waals surface area contributed by atoms with E-state index in [9.17, 15) is 0 Å². The first kappa shape index (κ1) is 16.0. The van der Waals surface area contributed by atoms with Gasteiger partial charge in [-0.05, 0) is 31.5 Å². The van der Waals surface area contributed by atoms with Crippen LogP contribution < -0.4 is 5.32 Å². The second-order valence-corrected chi connectivity index (χ2v) is 5.28. The van der Waals surface area contributed by atoms with E-state index in [4.69, 9.17) is 20.8 Å². The maximum absolute atomic E-state index is 6.30. The second kappa shape index (κ2) is 8.17. The molecule has 0 bridgehead atoms. The van der Waals surface area contributed by atoms with E-state index in [1.165, 1.54) is 0 Å². The fourth-order valence-electron chi connectivity index (χ4n) is 2.05. The highest BCUT2D eigenvalue weighted by Crippen LogP contribution is 2.30. The fourth-order valence-corrected chi connectivity index (χ4v) is 2.27. The molecule has 2 rings (SSSR count). The molecule has 0 amide bonds. The summed E-state index contributed by atoms with van der Waals surface area (Å²) in [6, 6.07) is 5.90. The highest BCUT2D eigenvalue weighted by molar-refractivity contribution is 6.33. The van der Waals surface area contributed by atoms with Gasteiger partial charge in [0.2, 0.25) is 0 Å². The Hall–Kier alpha value is -1.36. The van der Waals surface area contributed by atoms with Crippen LogP contribution in [0, 0.1) is 6.92 Å². The van der Waals surface area contributed by atoms with Crippen molar-refractivity contribution in [1.29, 1.82) is 0 Å². The minimum atomic E-state index is 0.724. The summed E-state index contributed by atoms with van der Waals surface area (Å²) in [6.45, 7) is 4.50. The van der Waals surface area contributed by atoms with E-state index in [-0.39, 0.29) is 0 Å². The molecular weight excluding hydrogens is 288 g/mol. The van der Waals surface area contributed by atoms with Crippen molar-refractivity contribution in [3.05, 3.63) is 40.9 Å². The summed E-state index contributed by atoms with van der Waals surface area (Å²) >= 11 is 6.30. The Morgan fingerprint density at radius 2 is 2.19 bits per heavy atom. The summed E-state index contributed by atoms with van der Waals surface area (Å²) in [5, 5.41) is 4.02. The minimum Gasteiger partial charge on any atom is -0.441 e. The number of benzene rings is 1. The van der Waals surface area contributed by atoms with E-state index in [1.807, 2.05) is 25.1 Å². The Morgan fingerprint density at radius 3 is 3.00 bits per heavy atom. The lowest BCUT2D eigenvalue weighted by atomic mass is 10.1. The van der Waals surface area contributed by atoms with E-state index >= 15 is 0 Å². The van der Waals surface area contributed by atoms with Gasteiger partial charge in [-0.2, -0.15) is 0 Å². The van der Waals surface area contributed by atoms with Crippen LogP contribution in [0.1, 0.15) is 17.9 Å². The van der Waals surface area contributed by atoms with Crippen molar-refractivity contribution < 1.29 is 9.15 Å². The van der Waals surface area contributed by atoms with Gasteiger partial charge in [0.15, 0.2) is 11.7 Å². The predicted molar refractivity (Wildman–Crippen MR) is 84.8 cm³/mol. The summed E-state index contributed by atoms with van der Waals surface area (Å²) in [6.07, 6.45) is 3.53. The molecule has 1 aromatic carbocycles. The van der Waals surface area contributed by atoms with Gasteiger partial charge in [-0.15, -0.1) is 0 Å². The van der Waals surface area contributed by atoms with E-state index in [0.717, 1.165) is 60.3 Å². The number of aryl methyl sites for hydroxylation is 2. The second-order valence-electron chi connectivity index (χ2n) is 4.90. The van der Waals surface area contributed by atoms with Crippen molar-refractivity contribution in [2.45, 2.75) is 19.8 Å². The molecule has 4 nitrogen and oxygen atoms in total. The summed E-state index contributed by atoms with van der Waals surface area (Å²) in [7, 11) is 1.70. The summed E-state index contributed by atoms with van der Waals surface area (Å²) in [4.78, 5) is 4.32. The monoisotopic (exact) mass is 308 g/mol. The Labute approximate surface area is 130 Å². The standard InChI is InChI=1S/C16H21ClN2O2/c1-12-5-3-6-13(16(12)17)14-11-19-15(21-14)7-4-8-18-9-10-20-2/h3,5-6,11,18H,4,7-10H2,1-2H3. The first-order valence-corrected chi connectivity index (χ1v) is 7.50. The van der Waals surface area contributed by atoms with Crippen LogP contribution in [0.3, 0.4) is 0 Å². The number of aromatic nitrogens is 1. The van der Waals surface area contributed by atoms with Crippen molar-refractivity contribution >= 4 is 11.6 Å². The predicted octanol–water partition coefficient (Wildman–Crippen LogP) is 3.47. The van der Waals surface area contributed by atoms with Crippen LogP contribution in [0.5, 0.6) is 0 Å². The molecule has 21 heavy (non-hydrogen) atoms. The average Bonchev–Trinajstić information content (AvgIpc) is 2.94. The molecule has 1 heterocycles. The van der Waals surface area contributed by atoms with Gasteiger partial charge in [0, 0.05) is 25.6 Å². The molecule has 114 valence electrons. The molecule has 5 heteroatoms. The van der Waals surface area contributed by atoms with E-state index in [0.29, 0.717) is 0 Å². The largest absolute Gasteiger partial charge is 0.441 e. The van der Waals surface area contributed by atoms with E-state index < -0.39 is 0 Å². The summed E-state index contributed by atoms with van der Waals surface area (Å²) in [5.74, 6) is 1.47. The third kappa shape index (κ3) is 4.56. The molecule has 1 N–H and O–H groups in total. The molecule has 1 aromatic heterocycles. The quantitative estimate of drug-likeness (QED) is 0.759. The van der Waals surface area contributed by atoms with Crippen LogP contribution in [0.4, 0.5) is 0 Å². The van der Waals surface area contributed by atoms with Gasteiger partial charge in [-0.25, -0.2) is 4.98 Å². The molecule has 0 atom stereocenters. The molecular formula is C16H21ClN2O2. The maximum atomic E-state index is 6.30. The lowest BCUT2D eigenvalue weighted by Crippen LogP contribution is -2.20. The number of methoxy groups -OCH3 is 1. The zero-order chi connectivity index (χ0) is 15.1. The third-order valence-electron chi connectivity index (χ3n) is 3.24. The molecule has 0 spiro atoms. The molecule has 0 aliphatic rings. The van der Waals surface area contributed by atoms with Crippen molar-refractivity contribution in [3.8, 4) is 11.3 Å². The Morgan fingerprint density at radius 1 is 1.33 bits per heavy atom. The molecule has 0 saturated carbocycles. The highest BCUT2D eigenvalue weighted by Gasteiger charge is 2.10. The average molecular weight is 309 g/mol. The molecule has 0 aliphatic carbocycles. The Kier molecular flexibility index (Phi) is 6.23. The van der Waals surface area contributed by atoms with Crippen LogP contribution in [0.25, 0.3) is 11.3 Å². The molecule has 0 radical (unpaired) electrons. The lowest BCUT2D eigenvalue weighted by molar-refractivity contribution is 0.199. The molecule has 0 fully saturated rings. The number of nitrogens with one attached hydrogen (secondary N) is 1. The van der Waals surface area contributed by atoms with Gasteiger partial charge in [-0.3, -0.25) is 0 Å². The first-order valence-electron chi connectivity index (χ1n) is 7.12. The third-order valence-corrected chi connectivity index (χ3v) is 3.74. The molecule has 0 aliphatic heterocycles. The van der Waals surface area contributed by atoms with E-state index in [2.05, 4.69) is 10.3 Å². The van der Waals surface area contributed by atoms with Gasteiger partial charge in [0.1, 0.15) is 0 Å². The van der Waals surface area contributed by atoms with Gasteiger partial charge in [-0.1, -0.05) is 23.7 Å². The molecule has 0 unspecified atom stereocenters. The zero-order valence-electron chi connectivity index (χ0n) is 12.5. The number of oxazole rings is 1. The number of rotatable bonds is 8. The zero-order valence-corrected chi connectivity index (χ0v) is 13.2. The number of nitrogens with zero attached hydrogens (tertiary/aromatic N) is 1. The Bertz CT molecular complexity index is 569. The number of ether oxygens (including phenoxy) is 1. The van der Waals surface area contributed by atoms with Crippen LogP contribution in [0.2, 0.25) is 5.02 Å². The van der Waals surface area contributed by atoms with Gasteiger partial charge in [0.25, 0.3) is 0 Å². The van der Waals surface area contributed by atoms with Crippen LogP contribution in [-0.2, 0) is 11.2 Å². The molecule has 0 saturated heterocycles. The maximum Gasteiger partial charge on any atom is 0.194 e. The highest BCUT2D eigenvalue weighted by atomic mass is 35.5. The van der Waals surface area contributed by atoms with Gasteiger partial charge in [0.05, 0.1) is 17.8 Å². The summed E-state index contributed by atoms with van der Waals surface area (Å²) in [5.41, 5.74) is 1.93. The van der Waals surface area contributed by atoms with Gasteiger partial charge < -0.3 is 14.5 Å². The smallest absolute Gasteiger partial charge is 0.194 e. The Balaban J connectivity index is 1.88. The van der Waals surface area contributed by atoms with Crippen molar-refractivity contribution in [1.82, 2.24) is 10.3 Å². The van der Waals surface area contributed by atoms with Crippen LogP contribution in [-0.4, -0.2) is 31.8 Å². The van der Waals surface area contributed by atoms with Crippen molar-refractivity contribution in [3.63, 3.8) is 0 Å². The van der Waals surface area contributed by atoms with Crippen molar-refractivity contribution in [2.75, 3.05) is 26.8 Å². The minimum absolute atomic E-state index is 0.724.